The van der Waals surface area contributed by atoms with Gasteiger partial charge in [-0.3, -0.25) is 0 Å². The van der Waals surface area contributed by atoms with E-state index >= 15 is 0 Å². The van der Waals surface area contributed by atoms with Crippen molar-refractivity contribution in [2.75, 3.05) is 12.8 Å². The zero-order chi connectivity index (χ0) is 15.5. The fourth-order valence-corrected chi connectivity index (χ4v) is 3.06. The summed E-state index contributed by atoms with van der Waals surface area (Å²) in [4.78, 5) is 11.5. The van der Waals surface area contributed by atoms with Gasteiger partial charge in [-0.2, -0.15) is 0 Å². The SMILES string of the molecule is COC(=O)c1cc(N)ccc1S(=O)(=O)NC(C)C(C)C. The number of methoxy groups -OCH3 is 1. The molecule has 0 fully saturated rings. The molecule has 7 heteroatoms. The van der Waals surface area contributed by atoms with Crippen LogP contribution < -0.4 is 10.5 Å². The molecule has 1 atom stereocenters. The lowest BCUT2D eigenvalue weighted by atomic mass is 10.1. The summed E-state index contributed by atoms with van der Waals surface area (Å²) in [6, 6.07) is 3.77. The van der Waals surface area contributed by atoms with Crippen molar-refractivity contribution < 1.29 is 17.9 Å². The number of hydrogen-bond acceptors (Lipinski definition) is 5. The fraction of sp³-hybridized carbons (Fsp3) is 0.462. The number of rotatable bonds is 5. The van der Waals surface area contributed by atoms with E-state index in [0.29, 0.717) is 5.69 Å². The molecule has 0 bridgehead atoms. The van der Waals surface area contributed by atoms with Gasteiger partial charge in [-0.1, -0.05) is 13.8 Å². The predicted molar refractivity (Wildman–Crippen MR) is 76.8 cm³/mol. The molecule has 0 aliphatic carbocycles. The van der Waals surface area contributed by atoms with E-state index in [1.807, 2.05) is 13.8 Å². The zero-order valence-corrected chi connectivity index (χ0v) is 12.8. The molecule has 0 aromatic heterocycles. The van der Waals surface area contributed by atoms with Gasteiger partial charge in [0.25, 0.3) is 0 Å². The molecule has 0 spiro atoms. The summed E-state index contributed by atoms with van der Waals surface area (Å²) >= 11 is 0. The van der Waals surface area contributed by atoms with E-state index in [2.05, 4.69) is 9.46 Å². The number of benzene rings is 1. The number of nitrogen functional groups attached to an aromatic ring is 1. The van der Waals surface area contributed by atoms with Crippen LogP contribution in [0.1, 0.15) is 31.1 Å². The Balaban J connectivity index is 3.28. The van der Waals surface area contributed by atoms with Crippen LogP contribution in [0.15, 0.2) is 23.1 Å². The summed E-state index contributed by atoms with van der Waals surface area (Å²) < 4.78 is 31.8. The Morgan fingerprint density at radius 3 is 2.40 bits per heavy atom. The second kappa shape index (κ2) is 6.23. The van der Waals surface area contributed by atoms with Crippen molar-refractivity contribution in [3.05, 3.63) is 23.8 Å². The second-order valence-electron chi connectivity index (χ2n) is 4.90. The third-order valence-electron chi connectivity index (χ3n) is 3.04. The summed E-state index contributed by atoms with van der Waals surface area (Å²) in [5.41, 5.74) is 5.81. The van der Waals surface area contributed by atoms with Gasteiger partial charge in [0.05, 0.1) is 17.6 Å². The van der Waals surface area contributed by atoms with Crippen LogP contribution in [0, 0.1) is 5.92 Å². The molecule has 0 saturated heterocycles. The lowest BCUT2D eigenvalue weighted by Crippen LogP contribution is -2.36. The highest BCUT2D eigenvalue weighted by atomic mass is 32.2. The zero-order valence-electron chi connectivity index (χ0n) is 12.0. The minimum absolute atomic E-state index is 0.0732. The maximum atomic E-state index is 12.3. The van der Waals surface area contributed by atoms with Gasteiger partial charge in [0.1, 0.15) is 0 Å². The minimum Gasteiger partial charge on any atom is -0.465 e. The first-order valence-corrected chi connectivity index (χ1v) is 7.67. The van der Waals surface area contributed by atoms with Crippen molar-refractivity contribution in [3.63, 3.8) is 0 Å². The monoisotopic (exact) mass is 300 g/mol. The van der Waals surface area contributed by atoms with Gasteiger partial charge in [0.2, 0.25) is 10.0 Å². The lowest BCUT2D eigenvalue weighted by molar-refractivity contribution is 0.0596. The molecule has 6 nitrogen and oxygen atoms in total. The van der Waals surface area contributed by atoms with Crippen LogP contribution in [0.5, 0.6) is 0 Å². The van der Waals surface area contributed by atoms with Gasteiger partial charge in [0.15, 0.2) is 0 Å². The first-order chi connectivity index (χ1) is 9.19. The highest BCUT2D eigenvalue weighted by Gasteiger charge is 2.25. The summed E-state index contributed by atoms with van der Waals surface area (Å²) in [5, 5.41) is 0. The van der Waals surface area contributed by atoms with Crippen molar-refractivity contribution in [1.82, 2.24) is 4.72 Å². The average Bonchev–Trinajstić information content (AvgIpc) is 2.36. The Labute approximate surface area is 119 Å². The molecule has 0 radical (unpaired) electrons. The molecule has 112 valence electrons. The van der Waals surface area contributed by atoms with E-state index in [-0.39, 0.29) is 22.4 Å². The summed E-state index contributed by atoms with van der Waals surface area (Å²) in [7, 11) is -2.63. The molecular weight excluding hydrogens is 280 g/mol. The van der Waals surface area contributed by atoms with Gasteiger partial charge < -0.3 is 10.5 Å². The number of nitrogens with one attached hydrogen (secondary N) is 1. The number of carbonyl (C=O) groups is 1. The summed E-state index contributed by atoms with van der Waals surface area (Å²) in [6.45, 7) is 5.56. The molecule has 3 N–H and O–H groups in total. The number of carbonyl (C=O) groups excluding carboxylic acids is 1. The third kappa shape index (κ3) is 3.71. The van der Waals surface area contributed by atoms with Gasteiger partial charge in [0, 0.05) is 11.7 Å². The average molecular weight is 300 g/mol. The Morgan fingerprint density at radius 2 is 1.90 bits per heavy atom. The molecule has 1 aromatic carbocycles. The van der Waals surface area contributed by atoms with Crippen LogP contribution in [0.2, 0.25) is 0 Å². The highest BCUT2D eigenvalue weighted by molar-refractivity contribution is 7.89. The van der Waals surface area contributed by atoms with Crippen LogP contribution in [-0.4, -0.2) is 27.5 Å². The maximum Gasteiger partial charge on any atom is 0.339 e. The van der Waals surface area contributed by atoms with Gasteiger partial charge >= 0.3 is 5.97 Å². The smallest absolute Gasteiger partial charge is 0.339 e. The van der Waals surface area contributed by atoms with E-state index in [0.717, 1.165) is 0 Å². The number of sulfonamides is 1. The molecule has 20 heavy (non-hydrogen) atoms. The van der Waals surface area contributed by atoms with E-state index in [9.17, 15) is 13.2 Å². The normalized spacial score (nSPS) is 13.2. The van der Waals surface area contributed by atoms with Crippen LogP contribution in [0.4, 0.5) is 5.69 Å². The topological polar surface area (TPSA) is 98.5 Å². The summed E-state index contributed by atoms with van der Waals surface area (Å²) in [6.07, 6.45) is 0. The quantitative estimate of drug-likeness (QED) is 0.632. The number of nitrogens with two attached hydrogens (primary N) is 1. The van der Waals surface area contributed by atoms with E-state index in [1.54, 1.807) is 6.92 Å². The molecule has 0 heterocycles. The molecular formula is C13H20N2O4S. The van der Waals surface area contributed by atoms with Crippen molar-refractivity contribution in [2.24, 2.45) is 5.92 Å². The molecule has 0 saturated carbocycles. The van der Waals surface area contributed by atoms with E-state index in [1.165, 1.54) is 25.3 Å². The van der Waals surface area contributed by atoms with Crippen molar-refractivity contribution in [1.29, 1.82) is 0 Å². The van der Waals surface area contributed by atoms with Crippen molar-refractivity contribution >= 4 is 21.7 Å². The summed E-state index contributed by atoms with van der Waals surface area (Å²) in [5.74, 6) is -0.616. The Kier molecular flexibility index (Phi) is 5.13. The number of ether oxygens (including phenoxy) is 1. The Bertz CT molecular complexity index is 596. The van der Waals surface area contributed by atoms with Crippen molar-refractivity contribution in [2.45, 2.75) is 31.7 Å². The molecule has 1 rings (SSSR count). The third-order valence-corrected chi connectivity index (χ3v) is 4.66. The van der Waals surface area contributed by atoms with Gasteiger partial charge in [-0.25, -0.2) is 17.9 Å². The molecule has 1 aromatic rings. The molecule has 0 aliphatic rings. The van der Waals surface area contributed by atoms with Gasteiger partial charge in [-0.05, 0) is 31.0 Å². The number of esters is 1. The highest BCUT2D eigenvalue weighted by Crippen LogP contribution is 2.20. The minimum atomic E-state index is -3.81. The van der Waals surface area contributed by atoms with E-state index in [4.69, 9.17) is 5.73 Å². The number of anilines is 1. The second-order valence-corrected chi connectivity index (χ2v) is 6.58. The maximum absolute atomic E-state index is 12.3. The van der Waals surface area contributed by atoms with Gasteiger partial charge in [-0.15, -0.1) is 0 Å². The first-order valence-electron chi connectivity index (χ1n) is 6.19. The fourth-order valence-electron chi connectivity index (χ4n) is 1.50. The van der Waals surface area contributed by atoms with Crippen LogP contribution in [-0.2, 0) is 14.8 Å². The van der Waals surface area contributed by atoms with Crippen molar-refractivity contribution in [3.8, 4) is 0 Å². The molecule has 0 amide bonds. The molecule has 1 unspecified atom stereocenters. The van der Waals surface area contributed by atoms with Crippen LogP contribution in [0.3, 0.4) is 0 Å². The van der Waals surface area contributed by atoms with E-state index < -0.39 is 16.0 Å². The van der Waals surface area contributed by atoms with Crippen LogP contribution in [0.25, 0.3) is 0 Å². The lowest BCUT2D eigenvalue weighted by Gasteiger charge is -2.18. The first kappa shape index (κ1) is 16.5. The largest absolute Gasteiger partial charge is 0.465 e. The standard InChI is InChI=1S/C13H20N2O4S/c1-8(2)9(3)15-20(17,18)12-6-5-10(14)7-11(12)13(16)19-4/h5-9,15H,14H2,1-4H3. The Morgan fingerprint density at radius 1 is 1.30 bits per heavy atom. The predicted octanol–water partition coefficient (Wildman–Crippen LogP) is 1.38. The Hall–Kier alpha value is -1.60. The number of hydrogen-bond donors (Lipinski definition) is 2. The molecule has 0 aliphatic heterocycles. The van der Waals surface area contributed by atoms with Crippen LogP contribution >= 0.6 is 0 Å².